The average molecular weight is 493 g/mol. The molecule has 10 heteroatoms. The summed E-state index contributed by atoms with van der Waals surface area (Å²) in [4.78, 5) is 20.9. The summed E-state index contributed by atoms with van der Waals surface area (Å²) in [6.45, 7) is 5.35. The van der Waals surface area contributed by atoms with Gasteiger partial charge in [0.25, 0.3) is 10.0 Å². The van der Waals surface area contributed by atoms with Crippen LogP contribution in [0.15, 0.2) is 35.4 Å². The Bertz CT molecular complexity index is 1130. The van der Waals surface area contributed by atoms with Crippen LogP contribution >= 0.6 is 11.6 Å². The Morgan fingerprint density at radius 3 is 2.52 bits per heavy atom. The van der Waals surface area contributed by atoms with Crippen LogP contribution in [0.4, 0.5) is 11.5 Å². The predicted molar refractivity (Wildman–Crippen MR) is 129 cm³/mol. The molecule has 0 bridgehead atoms. The Morgan fingerprint density at radius 2 is 1.85 bits per heavy atom. The van der Waals surface area contributed by atoms with Crippen molar-refractivity contribution in [1.82, 2.24) is 9.88 Å². The van der Waals surface area contributed by atoms with Gasteiger partial charge in [-0.15, -0.1) is 0 Å². The summed E-state index contributed by atoms with van der Waals surface area (Å²) >= 11 is 6.07. The van der Waals surface area contributed by atoms with Gasteiger partial charge in [-0.05, 0) is 69.5 Å². The Balaban J connectivity index is 1.51. The molecular formula is C23H29ClN4O4S. The van der Waals surface area contributed by atoms with Crippen LogP contribution in [0.5, 0.6) is 0 Å². The lowest BCUT2D eigenvalue weighted by Gasteiger charge is -2.40. The van der Waals surface area contributed by atoms with Crippen molar-refractivity contribution >= 4 is 39.1 Å². The molecule has 2 fully saturated rings. The van der Waals surface area contributed by atoms with E-state index in [1.54, 1.807) is 19.1 Å². The van der Waals surface area contributed by atoms with Crippen LogP contribution in [-0.4, -0.2) is 61.6 Å². The van der Waals surface area contributed by atoms with Gasteiger partial charge in [0.2, 0.25) is 0 Å². The fourth-order valence-electron chi connectivity index (χ4n) is 4.74. The van der Waals surface area contributed by atoms with Gasteiger partial charge in [-0.3, -0.25) is 4.72 Å². The van der Waals surface area contributed by atoms with Crippen molar-refractivity contribution in [3.8, 4) is 0 Å². The molecule has 0 unspecified atom stereocenters. The number of halogens is 1. The number of anilines is 2. The van der Waals surface area contributed by atoms with Crippen LogP contribution < -0.4 is 9.62 Å². The number of nitrogens with zero attached hydrogens (tertiary/aromatic N) is 3. The average Bonchev–Trinajstić information content (AvgIpc) is 2.81. The van der Waals surface area contributed by atoms with Gasteiger partial charge in [0, 0.05) is 24.2 Å². The molecule has 8 nitrogen and oxygen atoms in total. The van der Waals surface area contributed by atoms with E-state index >= 15 is 0 Å². The molecule has 178 valence electrons. The number of pyridine rings is 1. The molecule has 2 aliphatic heterocycles. The summed E-state index contributed by atoms with van der Waals surface area (Å²) in [5, 5.41) is 10.1. The van der Waals surface area contributed by atoms with Gasteiger partial charge < -0.3 is 14.9 Å². The van der Waals surface area contributed by atoms with Gasteiger partial charge in [-0.2, -0.15) is 0 Å². The minimum Gasteiger partial charge on any atom is -0.478 e. The first-order valence-electron chi connectivity index (χ1n) is 11.3. The number of carboxylic acid groups (broad SMARTS) is 1. The smallest absolute Gasteiger partial charge is 0.339 e. The van der Waals surface area contributed by atoms with E-state index in [-0.39, 0.29) is 16.1 Å². The second-order valence-corrected chi connectivity index (χ2v) is 10.7. The van der Waals surface area contributed by atoms with Gasteiger partial charge >= 0.3 is 5.97 Å². The SMILES string of the molecule is Cc1c(Cl)cccc1S(=O)(=O)Nc1cnc(N2CCC(N3CCCCC3)CC2)c(C(=O)O)c1. The third-order valence-corrected chi connectivity index (χ3v) is 8.46. The minimum absolute atomic E-state index is 0.0190. The lowest BCUT2D eigenvalue weighted by Crippen LogP contribution is -2.47. The maximum Gasteiger partial charge on any atom is 0.339 e. The summed E-state index contributed by atoms with van der Waals surface area (Å²) in [6, 6.07) is 6.49. The fourth-order valence-corrected chi connectivity index (χ4v) is 6.27. The number of hydrogen-bond donors (Lipinski definition) is 2. The van der Waals surface area contributed by atoms with Gasteiger partial charge in [0.1, 0.15) is 11.4 Å². The topological polar surface area (TPSA) is 103 Å². The van der Waals surface area contributed by atoms with Crippen molar-refractivity contribution in [3.05, 3.63) is 46.6 Å². The van der Waals surface area contributed by atoms with E-state index in [9.17, 15) is 18.3 Å². The predicted octanol–water partition coefficient (Wildman–Crippen LogP) is 4.00. The van der Waals surface area contributed by atoms with E-state index in [0.29, 0.717) is 22.4 Å². The zero-order valence-corrected chi connectivity index (χ0v) is 20.2. The minimum atomic E-state index is -3.95. The Morgan fingerprint density at radius 1 is 1.15 bits per heavy atom. The van der Waals surface area contributed by atoms with Crippen molar-refractivity contribution in [3.63, 3.8) is 0 Å². The van der Waals surface area contributed by atoms with E-state index in [4.69, 9.17) is 11.6 Å². The third-order valence-electron chi connectivity index (χ3n) is 6.53. The Kier molecular flexibility index (Phi) is 7.11. The second-order valence-electron chi connectivity index (χ2n) is 8.68. The molecule has 0 aliphatic carbocycles. The quantitative estimate of drug-likeness (QED) is 0.628. The van der Waals surface area contributed by atoms with Crippen molar-refractivity contribution in [2.45, 2.75) is 50.0 Å². The zero-order chi connectivity index (χ0) is 23.6. The van der Waals surface area contributed by atoms with Crippen LogP contribution in [0.3, 0.4) is 0 Å². The maximum atomic E-state index is 12.9. The van der Waals surface area contributed by atoms with Crippen LogP contribution in [0.1, 0.15) is 48.0 Å². The number of piperidine rings is 2. The first-order valence-corrected chi connectivity index (χ1v) is 13.1. The van der Waals surface area contributed by atoms with E-state index in [2.05, 4.69) is 14.6 Å². The number of hydrogen-bond acceptors (Lipinski definition) is 6. The highest BCUT2D eigenvalue weighted by atomic mass is 35.5. The molecule has 2 saturated heterocycles. The molecule has 2 N–H and O–H groups in total. The van der Waals surface area contributed by atoms with Crippen LogP contribution in [0.25, 0.3) is 0 Å². The first-order chi connectivity index (χ1) is 15.8. The lowest BCUT2D eigenvalue weighted by molar-refractivity contribution is 0.0697. The van der Waals surface area contributed by atoms with Crippen LogP contribution in [-0.2, 0) is 10.0 Å². The Hall–Kier alpha value is -2.36. The number of likely N-dealkylation sites (tertiary alicyclic amines) is 1. The molecule has 0 spiro atoms. The summed E-state index contributed by atoms with van der Waals surface area (Å²) in [5.74, 6) is -0.767. The molecule has 0 saturated carbocycles. The van der Waals surface area contributed by atoms with Crippen molar-refractivity contribution in [2.75, 3.05) is 35.8 Å². The molecule has 0 radical (unpaired) electrons. The highest BCUT2D eigenvalue weighted by molar-refractivity contribution is 7.92. The first kappa shape index (κ1) is 23.8. The monoisotopic (exact) mass is 492 g/mol. The van der Waals surface area contributed by atoms with Crippen LogP contribution in [0.2, 0.25) is 5.02 Å². The molecule has 33 heavy (non-hydrogen) atoms. The maximum absolute atomic E-state index is 12.9. The molecule has 1 aromatic carbocycles. The van der Waals surface area contributed by atoms with Gasteiger partial charge in [-0.25, -0.2) is 18.2 Å². The lowest BCUT2D eigenvalue weighted by atomic mass is 9.99. The van der Waals surface area contributed by atoms with Gasteiger partial charge in [-0.1, -0.05) is 24.1 Å². The summed E-state index contributed by atoms with van der Waals surface area (Å²) in [5.41, 5.74) is 0.499. The number of nitrogens with one attached hydrogen (secondary N) is 1. The molecule has 1 aromatic heterocycles. The molecule has 0 amide bonds. The van der Waals surface area contributed by atoms with Crippen molar-refractivity contribution in [1.29, 1.82) is 0 Å². The summed E-state index contributed by atoms with van der Waals surface area (Å²) in [7, 11) is -3.95. The molecule has 0 atom stereocenters. The Labute approximate surface area is 199 Å². The van der Waals surface area contributed by atoms with E-state index in [1.807, 2.05) is 4.90 Å². The highest BCUT2D eigenvalue weighted by Gasteiger charge is 2.28. The van der Waals surface area contributed by atoms with Gasteiger partial charge in [0.15, 0.2) is 0 Å². The van der Waals surface area contributed by atoms with Gasteiger partial charge in [0.05, 0.1) is 16.8 Å². The zero-order valence-electron chi connectivity index (χ0n) is 18.6. The fraction of sp³-hybridized carbons (Fsp3) is 0.478. The normalized spacial score (nSPS) is 18.3. The molecule has 4 rings (SSSR count). The number of carboxylic acids is 1. The number of carbonyl (C=O) groups is 1. The van der Waals surface area contributed by atoms with E-state index in [1.165, 1.54) is 37.6 Å². The van der Waals surface area contributed by atoms with E-state index in [0.717, 1.165) is 39.0 Å². The highest BCUT2D eigenvalue weighted by Crippen LogP contribution is 2.29. The van der Waals surface area contributed by atoms with Crippen LogP contribution in [0, 0.1) is 6.92 Å². The summed E-state index contributed by atoms with van der Waals surface area (Å²) < 4.78 is 28.2. The standard InChI is InChI=1S/C23H29ClN4O4S/c1-16-20(24)6-5-7-21(16)33(31,32)26-17-14-19(23(29)30)22(25-15-17)28-12-8-18(9-13-28)27-10-3-2-4-11-27/h5-7,14-15,18,26H,2-4,8-13H2,1H3,(H,29,30). The number of aromatic nitrogens is 1. The van der Waals surface area contributed by atoms with Crippen molar-refractivity contribution in [2.24, 2.45) is 0 Å². The van der Waals surface area contributed by atoms with Crippen molar-refractivity contribution < 1.29 is 18.3 Å². The number of rotatable bonds is 6. The molecular weight excluding hydrogens is 464 g/mol. The molecule has 2 aliphatic rings. The second kappa shape index (κ2) is 9.87. The third kappa shape index (κ3) is 5.26. The van der Waals surface area contributed by atoms with E-state index < -0.39 is 16.0 Å². The summed E-state index contributed by atoms with van der Waals surface area (Å²) in [6.07, 6.45) is 7.09. The molecule has 3 heterocycles. The number of sulfonamides is 1. The molecule has 2 aromatic rings. The number of aromatic carboxylic acids is 1. The number of benzene rings is 1. The largest absolute Gasteiger partial charge is 0.478 e.